The Morgan fingerprint density at radius 3 is 2.53 bits per heavy atom. The van der Waals surface area contributed by atoms with Crippen molar-refractivity contribution in [2.45, 2.75) is 30.4 Å². The number of nitrogens with two attached hydrogens (primary N) is 1. The van der Waals surface area contributed by atoms with Crippen LogP contribution in [0.15, 0.2) is 41.0 Å². The van der Waals surface area contributed by atoms with Gasteiger partial charge in [0, 0.05) is 19.5 Å². The molecular weight excluding hydrogens is 412 g/mol. The lowest BCUT2D eigenvalue weighted by molar-refractivity contribution is -0.148. The van der Waals surface area contributed by atoms with Gasteiger partial charge in [-0.3, -0.25) is 4.79 Å². The summed E-state index contributed by atoms with van der Waals surface area (Å²) in [6.45, 7) is -0.323. The Labute approximate surface area is 176 Å². The van der Waals surface area contributed by atoms with E-state index in [-0.39, 0.29) is 42.9 Å². The Balaban J connectivity index is 1.61. The van der Waals surface area contributed by atoms with Crippen molar-refractivity contribution >= 4 is 15.9 Å². The highest BCUT2D eigenvalue weighted by Crippen LogP contribution is 2.42. The number of sulfonamides is 1. The molecule has 1 amide bonds. The summed E-state index contributed by atoms with van der Waals surface area (Å²) in [4.78, 5) is 11.6. The molecule has 3 N–H and O–H groups in total. The van der Waals surface area contributed by atoms with E-state index < -0.39 is 22.2 Å². The van der Waals surface area contributed by atoms with Gasteiger partial charge in [0.2, 0.25) is 16.3 Å². The summed E-state index contributed by atoms with van der Waals surface area (Å²) in [6, 6.07) is 6.03. The van der Waals surface area contributed by atoms with Gasteiger partial charge in [-0.2, -0.15) is 4.31 Å². The van der Waals surface area contributed by atoms with Crippen molar-refractivity contribution in [2.75, 3.05) is 33.4 Å². The fourth-order valence-electron chi connectivity index (χ4n) is 3.46. The molecule has 2 atom stereocenters. The second-order valence-electron chi connectivity index (χ2n) is 7.35. The van der Waals surface area contributed by atoms with Crippen LogP contribution in [0, 0.1) is 11.8 Å². The predicted molar refractivity (Wildman–Crippen MR) is 108 cm³/mol. The maximum absolute atomic E-state index is 12.9. The topological polar surface area (TPSA) is 128 Å². The molecule has 1 fully saturated rings. The fraction of sp³-hybridized carbons (Fsp3) is 0.550. The first-order valence-corrected chi connectivity index (χ1v) is 11.3. The zero-order valence-electron chi connectivity index (χ0n) is 16.9. The molecular formula is C20H28N2O7S. The summed E-state index contributed by atoms with van der Waals surface area (Å²) in [7, 11) is -2.32. The summed E-state index contributed by atoms with van der Waals surface area (Å²) in [5, 5.41) is 9.33. The van der Waals surface area contributed by atoms with Gasteiger partial charge in [0.25, 0.3) is 5.91 Å². The maximum atomic E-state index is 12.9. The lowest BCUT2D eigenvalue weighted by atomic mass is 9.96. The van der Waals surface area contributed by atoms with Crippen LogP contribution < -0.4 is 10.5 Å². The summed E-state index contributed by atoms with van der Waals surface area (Å²) in [6.07, 6.45) is 3.90. The Morgan fingerprint density at radius 2 is 1.97 bits per heavy atom. The third-order valence-corrected chi connectivity index (χ3v) is 7.16. The summed E-state index contributed by atoms with van der Waals surface area (Å²) in [5.41, 5.74) is 5.36. The fourth-order valence-corrected chi connectivity index (χ4v) is 4.87. The van der Waals surface area contributed by atoms with Gasteiger partial charge in [-0.1, -0.05) is 0 Å². The number of methoxy groups -OCH3 is 1. The molecule has 10 heteroatoms. The number of primary amides is 1. The van der Waals surface area contributed by atoms with E-state index in [2.05, 4.69) is 0 Å². The number of carbonyl (C=O) groups is 1. The van der Waals surface area contributed by atoms with E-state index in [0.29, 0.717) is 18.1 Å². The van der Waals surface area contributed by atoms with E-state index in [1.807, 2.05) is 0 Å². The van der Waals surface area contributed by atoms with Gasteiger partial charge in [0.1, 0.15) is 5.75 Å². The van der Waals surface area contributed by atoms with Crippen LogP contribution in [0.25, 0.3) is 0 Å². The van der Waals surface area contributed by atoms with Gasteiger partial charge >= 0.3 is 0 Å². The molecule has 1 aromatic carbocycles. The summed E-state index contributed by atoms with van der Waals surface area (Å²) in [5.74, 6) is 0.682. The van der Waals surface area contributed by atoms with Crippen molar-refractivity contribution in [1.29, 1.82) is 0 Å². The maximum Gasteiger partial charge on any atom is 0.283 e. The van der Waals surface area contributed by atoms with Gasteiger partial charge in [-0.15, -0.1) is 0 Å². The monoisotopic (exact) mass is 440 g/mol. The molecule has 30 heavy (non-hydrogen) atoms. The first kappa shape index (κ1) is 22.5. The molecule has 0 unspecified atom stereocenters. The molecule has 9 nitrogen and oxygen atoms in total. The van der Waals surface area contributed by atoms with Crippen LogP contribution in [0.3, 0.4) is 0 Å². The zero-order valence-corrected chi connectivity index (χ0v) is 17.7. The number of ether oxygens (including phenoxy) is 3. The van der Waals surface area contributed by atoms with Gasteiger partial charge in [0.05, 0.1) is 25.2 Å². The van der Waals surface area contributed by atoms with Crippen LogP contribution in [-0.4, -0.2) is 63.4 Å². The highest BCUT2D eigenvalue weighted by molar-refractivity contribution is 7.89. The van der Waals surface area contributed by atoms with E-state index in [1.54, 1.807) is 18.2 Å². The quantitative estimate of drug-likeness (QED) is 0.522. The number of hydrogen-bond donors (Lipinski definition) is 2. The van der Waals surface area contributed by atoms with Crippen LogP contribution in [-0.2, 0) is 24.3 Å². The van der Waals surface area contributed by atoms with Crippen LogP contribution >= 0.6 is 0 Å². The Kier molecular flexibility index (Phi) is 7.35. The summed E-state index contributed by atoms with van der Waals surface area (Å²) < 4.78 is 43.3. The number of rotatable bonds is 11. The molecule has 0 spiro atoms. The van der Waals surface area contributed by atoms with Crippen molar-refractivity contribution in [3.05, 3.63) is 36.1 Å². The Morgan fingerprint density at radius 1 is 1.27 bits per heavy atom. The molecule has 1 aromatic rings. The van der Waals surface area contributed by atoms with E-state index in [1.165, 1.54) is 19.2 Å². The number of carbonyl (C=O) groups excluding carboxylic acids is 1. The lowest BCUT2D eigenvalue weighted by Gasteiger charge is -2.29. The van der Waals surface area contributed by atoms with E-state index in [9.17, 15) is 18.3 Å². The van der Waals surface area contributed by atoms with Gasteiger partial charge in [-0.05, 0) is 55.0 Å². The van der Waals surface area contributed by atoms with Crippen molar-refractivity contribution in [3.8, 4) is 5.75 Å². The lowest BCUT2D eigenvalue weighted by Crippen LogP contribution is -2.38. The van der Waals surface area contributed by atoms with E-state index in [4.69, 9.17) is 19.9 Å². The molecule has 0 radical (unpaired) electrons. The normalized spacial score (nSPS) is 21.8. The summed E-state index contributed by atoms with van der Waals surface area (Å²) >= 11 is 0. The molecule has 2 aliphatic rings. The third-order valence-electron chi connectivity index (χ3n) is 5.25. The number of amides is 1. The number of allylic oxidation sites excluding steroid dienone is 1. The SMILES string of the molecule is COc1ccc(S(=O)(=O)N(CCO)CCO[C@H]2C[C@@H](C3CC3)C=C(C(N)=O)O2)cc1. The smallest absolute Gasteiger partial charge is 0.283 e. The molecule has 1 aliphatic heterocycles. The second-order valence-corrected chi connectivity index (χ2v) is 9.29. The minimum atomic E-state index is -3.82. The Hall–Kier alpha value is -2.14. The highest BCUT2D eigenvalue weighted by atomic mass is 32.2. The van der Waals surface area contributed by atoms with Crippen molar-refractivity contribution in [2.24, 2.45) is 17.6 Å². The first-order valence-electron chi connectivity index (χ1n) is 9.90. The van der Waals surface area contributed by atoms with Crippen molar-refractivity contribution < 1.29 is 32.5 Å². The highest BCUT2D eigenvalue weighted by Gasteiger charge is 2.37. The predicted octanol–water partition coefficient (Wildman–Crippen LogP) is 0.837. The number of aliphatic hydroxyl groups excluding tert-OH is 1. The van der Waals surface area contributed by atoms with Gasteiger partial charge in [0.15, 0.2) is 5.76 Å². The van der Waals surface area contributed by atoms with Crippen LogP contribution in [0.5, 0.6) is 5.75 Å². The van der Waals surface area contributed by atoms with Crippen LogP contribution in [0.4, 0.5) is 0 Å². The average molecular weight is 441 g/mol. The molecule has 3 rings (SSSR count). The van der Waals surface area contributed by atoms with E-state index >= 15 is 0 Å². The molecule has 1 heterocycles. The van der Waals surface area contributed by atoms with Crippen molar-refractivity contribution in [3.63, 3.8) is 0 Å². The standard InChI is InChI=1S/C20H28N2O7S/c1-27-16-4-6-17(7-5-16)30(25,26)22(8-10-23)9-11-28-19-13-15(14-2-3-14)12-18(29-19)20(21)24/h4-7,12,14-15,19,23H,2-3,8-11,13H2,1H3,(H2,21,24)/t15-,19+/m0/s1. The van der Waals surface area contributed by atoms with Gasteiger partial charge in [-0.25, -0.2) is 8.42 Å². The molecule has 1 aliphatic carbocycles. The number of aliphatic hydroxyl groups is 1. The molecule has 1 saturated carbocycles. The van der Waals surface area contributed by atoms with Crippen molar-refractivity contribution in [1.82, 2.24) is 4.31 Å². The number of hydrogen-bond acceptors (Lipinski definition) is 7. The average Bonchev–Trinajstić information content (AvgIpc) is 3.58. The largest absolute Gasteiger partial charge is 0.497 e. The number of benzene rings is 1. The molecule has 0 aromatic heterocycles. The molecule has 166 valence electrons. The number of nitrogens with zero attached hydrogens (tertiary/aromatic N) is 1. The van der Waals surface area contributed by atoms with E-state index in [0.717, 1.165) is 17.1 Å². The van der Waals surface area contributed by atoms with Gasteiger partial charge < -0.3 is 25.1 Å². The Bertz CT molecular complexity index is 866. The minimum Gasteiger partial charge on any atom is -0.497 e. The third kappa shape index (κ3) is 5.51. The zero-order chi connectivity index (χ0) is 21.7. The molecule has 0 saturated heterocycles. The minimum absolute atomic E-state index is 0.0263. The van der Waals surface area contributed by atoms with Crippen LogP contribution in [0.1, 0.15) is 19.3 Å². The first-order chi connectivity index (χ1) is 14.3. The van der Waals surface area contributed by atoms with Crippen LogP contribution in [0.2, 0.25) is 0 Å². The second kappa shape index (κ2) is 9.78. The molecule has 0 bridgehead atoms.